The molecule has 2 rings (SSSR count). The van der Waals surface area contributed by atoms with Gasteiger partial charge >= 0.3 is 0 Å². The first kappa shape index (κ1) is 10.5. The van der Waals surface area contributed by atoms with Gasteiger partial charge in [0.15, 0.2) is 0 Å². The summed E-state index contributed by atoms with van der Waals surface area (Å²) in [6, 6.07) is 8.36. The van der Waals surface area contributed by atoms with Crippen molar-refractivity contribution in [3.8, 4) is 5.75 Å². The smallest absolute Gasteiger partial charge is 0.118 e. The molecule has 2 unspecified atom stereocenters. The van der Waals surface area contributed by atoms with Gasteiger partial charge in [-0.2, -0.15) is 0 Å². The zero-order valence-corrected chi connectivity index (χ0v) is 9.66. The van der Waals surface area contributed by atoms with E-state index in [9.17, 15) is 0 Å². The number of rotatable bonds is 3. The van der Waals surface area contributed by atoms with Gasteiger partial charge in [-0.3, -0.25) is 0 Å². The monoisotopic (exact) mass is 205 g/mol. The molecule has 1 aliphatic rings. The molecule has 1 saturated carbocycles. The summed E-state index contributed by atoms with van der Waals surface area (Å²) in [5.41, 5.74) is 7.52. The van der Waals surface area contributed by atoms with Crippen LogP contribution in [0.2, 0.25) is 0 Å². The number of hydrogen-bond donors (Lipinski definition) is 1. The summed E-state index contributed by atoms with van der Waals surface area (Å²) >= 11 is 0. The fraction of sp³-hybridized carbons (Fsp3) is 0.538. The van der Waals surface area contributed by atoms with Crippen LogP contribution in [0.25, 0.3) is 0 Å². The van der Waals surface area contributed by atoms with Crippen LogP contribution in [0.4, 0.5) is 0 Å². The lowest BCUT2D eigenvalue weighted by Gasteiger charge is -2.04. The maximum absolute atomic E-state index is 5.77. The Labute approximate surface area is 91.4 Å². The first-order valence-corrected chi connectivity index (χ1v) is 5.45. The summed E-state index contributed by atoms with van der Waals surface area (Å²) in [5, 5.41) is 0. The van der Waals surface area contributed by atoms with Crippen molar-refractivity contribution in [3.05, 3.63) is 29.8 Å². The van der Waals surface area contributed by atoms with E-state index in [0.717, 1.165) is 12.3 Å². The van der Waals surface area contributed by atoms with Gasteiger partial charge in [0.1, 0.15) is 5.75 Å². The van der Waals surface area contributed by atoms with Crippen LogP contribution in [-0.2, 0) is 0 Å². The van der Waals surface area contributed by atoms with Crippen molar-refractivity contribution < 1.29 is 4.74 Å². The number of ether oxygens (including phenoxy) is 1. The molecule has 0 heterocycles. The lowest BCUT2D eigenvalue weighted by molar-refractivity contribution is 0.414. The summed E-state index contributed by atoms with van der Waals surface area (Å²) in [4.78, 5) is 0. The van der Waals surface area contributed by atoms with Crippen molar-refractivity contribution in [3.63, 3.8) is 0 Å². The Morgan fingerprint density at radius 2 is 1.87 bits per heavy atom. The highest BCUT2D eigenvalue weighted by atomic mass is 16.5. The second-order valence-corrected chi connectivity index (χ2v) is 4.91. The molecule has 1 aromatic carbocycles. The van der Waals surface area contributed by atoms with E-state index in [1.165, 1.54) is 5.56 Å². The fourth-order valence-electron chi connectivity index (χ4n) is 2.66. The second-order valence-electron chi connectivity index (χ2n) is 4.91. The van der Waals surface area contributed by atoms with E-state index in [-0.39, 0.29) is 0 Å². The Bertz CT molecular complexity index is 342. The third kappa shape index (κ3) is 1.63. The Kier molecular flexibility index (Phi) is 2.47. The molecular formula is C13H19NO. The van der Waals surface area contributed by atoms with Crippen LogP contribution in [0.15, 0.2) is 24.3 Å². The highest BCUT2D eigenvalue weighted by molar-refractivity contribution is 5.36. The highest BCUT2D eigenvalue weighted by Crippen LogP contribution is 2.63. The molecule has 1 aliphatic carbocycles. The second kappa shape index (κ2) is 3.53. The van der Waals surface area contributed by atoms with E-state index < -0.39 is 0 Å². The standard InChI is InChI=1S/C13H19NO/c1-13(2)11(8-14)12(13)9-4-6-10(15-3)7-5-9/h4-7,11-12H,8,14H2,1-3H3. The van der Waals surface area contributed by atoms with E-state index in [4.69, 9.17) is 10.5 Å². The van der Waals surface area contributed by atoms with Crippen molar-refractivity contribution in [2.24, 2.45) is 17.1 Å². The molecule has 1 fully saturated rings. The molecule has 2 N–H and O–H groups in total. The van der Waals surface area contributed by atoms with Crippen LogP contribution in [0, 0.1) is 11.3 Å². The Balaban J connectivity index is 2.18. The van der Waals surface area contributed by atoms with Crippen LogP contribution in [-0.4, -0.2) is 13.7 Å². The van der Waals surface area contributed by atoms with E-state index >= 15 is 0 Å². The van der Waals surface area contributed by atoms with Gasteiger partial charge in [0.2, 0.25) is 0 Å². The number of benzene rings is 1. The summed E-state index contributed by atoms with van der Waals surface area (Å²) in [6.07, 6.45) is 0. The fourth-order valence-corrected chi connectivity index (χ4v) is 2.66. The van der Waals surface area contributed by atoms with Gasteiger partial charge in [-0.25, -0.2) is 0 Å². The first-order valence-electron chi connectivity index (χ1n) is 5.45. The summed E-state index contributed by atoms with van der Waals surface area (Å²) in [6.45, 7) is 5.36. The average molecular weight is 205 g/mol. The van der Waals surface area contributed by atoms with Gasteiger partial charge in [-0.1, -0.05) is 26.0 Å². The zero-order chi connectivity index (χ0) is 11.1. The molecule has 82 valence electrons. The Morgan fingerprint density at radius 1 is 1.27 bits per heavy atom. The molecule has 1 aromatic rings. The van der Waals surface area contributed by atoms with Gasteiger partial charge in [0.05, 0.1) is 7.11 Å². The van der Waals surface area contributed by atoms with Crippen molar-refractivity contribution in [1.29, 1.82) is 0 Å². The van der Waals surface area contributed by atoms with Gasteiger partial charge in [0, 0.05) is 0 Å². The predicted octanol–water partition coefficient (Wildman–Crippen LogP) is 2.39. The van der Waals surface area contributed by atoms with E-state index in [2.05, 4.69) is 26.0 Å². The number of methoxy groups -OCH3 is 1. The van der Waals surface area contributed by atoms with Crippen LogP contribution in [0.3, 0.4) is 0 Å². The first-order chi connectivity index (χ1) is 7.11. The predicted molar refractivity (Wildman–Crippen MR) is 62.1 cm³/mol. The molecule has 0 amide bonds. The molecule has 2 heteroatoms. The van der Waals surface area contributed by atoms with E-state index in [1.807, 2.05) is 12.1 Å². The van der Waals surface area contributed by atoms with Crippen LogP contribution in [0.5, 0.6) is 5.75 Å². The highest BCUT2D eigenvalue weighted by Gasteiger charge is 2.56. The molecule has 2 nitrogen and oxygen atoms in total. The van der Waals surface area contributed by atoms with Crippen LogP contribution >= 0.6 is 0 Å². The van der Waals surface area contributed by atoms with Crippen molar-refractivity contribution >= 4 is 0 Å². The van der Waals surface area contributed by atoms with Crippen molar-refractivity contribution in [2.45, 2.75) is 19.8 Å². The normalized spacial score (nSPS) is 27.5. The van der Waals surface area contributed by atoms with E-state index in [0.29, 0.717) is 17.3 Å². The minimum Gasteiger partial charge on any atom is -0.497 e. The molecule has 0 bridgehead atoms. The largest absolute Gasteiger partial charge is 0.497 e. The number of hydrogen-bond acceptors (Lipinski definition) is 2. The van der Waals surface area contributed by atoms with Gasteiger partial charge in [-0.05, 0) is 41.5 Å². The molecule has 15 heavy (non-hydrogen) atoms. The third-order valence-corrected chi connectivity index (χ3v) is 3.78. The summed E-state index contributed by atoms with van der Waals surface area (Å²) < 4.78 is 5.15. The van der Waals surface area contributed by atoms with Gasteiger partial charge in [-0.15, -0.1) is 0 Å². The van der Waals surface area contributed by atoms with E-state index in [1.54, 1.807) is 7.11 Å². The average Bonchev–Trinajstić information content (AvgIpc) is 2.80. The van der Waals surface area contributed by atoms with Crippen molar-refractivity contribution in [2.75, 3.05) is 13.7 Å². The minimum absolute atomic E-state index is 0.364. The molecular weight excluding hydrogens is 186 g/mol. The maximum Gasteiger partial charge on any atom is 0.118 e. The molecule has 0 aliphatic heterocycles. The lowest BCUT2D eigenvalue weighted by Crippen LogP contribution is -2.05. The zero-order valence-electron chi connectivity index (χ0n) is 9.66. The van der Waals surface area contributed by atoms with Gasteiger partial charge < -0.3 is 10.5 Å². The summed E-state index contributed by atoms with van der Waals surface area (Å²) in [5.74, 6) is 2.17. The Hall–Kier alpha value is -1.02. The van der Waals surface area contributed by atoms with Gasteiger partial charge in [0.25, 0.3) is 0 Å². The molecule has 0 aromatic heterocycles. The minimum atomic E-state index is 0.364. The molecule has 2 atom stereocenters. The van der Waals surface area contributed by atoms with Crippen molar-refractivity contribution in [1.82, 2.24) is 0 Å². The molecule has 0 spiro atoms. The van der Waals surface area contributed by atoms with Crippen LogP contribution < -0.4 is 10.5 Å². The molecule has 0 radical (unpaired) electrons. The third-order valence-electron chi connectivity index (χ3n) is 3.78. The van der Waals surface area contributed by atoms with Crippen LogP contribution in [0.1, 0.15) is 25.3 Å². The molecule has 0 saturated heterocycles. The topological polar surface area (TPSA) is 35.2 Å². The number of nitrogens with two attached hydrogens (primary N) is 1. The maximum atomic E-state index is 5.77. The SMILES string of the molecule is COc1ccc(C2C(CN)C2(C)C)cc1. The lowest BCUT2D eigenvalue weighted by atomic mass is 10.0. The Morgan fingerprint density at radius 3 is 2.27 bits per heavy atom. The summed E-state index contributed by atoms with van der Waals surface area (Å²) in [7, 11) is 1.69. The quantitative estimate of drug-likeness (QED) is 0.822.